The lowest BCUT2D eigenvalue weighted by atomic mass is 9.43. The monoisotopic (exact) mass is 276 g/mol. The van der Waals surface area contributed by atoms with Crippen LogP contribution in [0.25, 0.3) is 0 Å². The highest BCUT2D eigenvalue weighted by Gasteiger charge is 2.57. The molecule has 4 rings (SSSR count). The first-order chi connectivity index (χ1) is 9.55. The van der Waals surface area contributed by atoms with Crippen molar-refractivity contribution in [2.75, 3.05) is 0 Å². The van der Waals surface area contributed by atoms with Gasteiger partial charge in [0.25, 0.3) is 0 Å². The number of rotatable bonds is 7. The van der Waals surface area contributed by atoms with Crippen LogP contribution >= 0.6 is 0 Å². The summed E-state index contributed by atoms with van der Waals surface area (Å²) in [6, 6.07) is 0. The van der Waals surface area contributed by atoms with Crippen molar-refractivity contribution in [1.29, 1.82) is 0 Å². The molecule has 4 aliphatic carbocycles. The maximum absolute atomic E-state index is 10.9. The second kappa shape index (κ2) is 5.48. The zero-order valence-corrected chi connectivity index (χ0v) is 13.2. The van der Waals surface area contributed by atoms with Gasteiger partial charge in [0.05, 0.1) is 6.10 Å². The van der Waals surface area contributed by atoms with E-state index < -0.39 is 0 Å². The first kappa shape index (κ1) is 14.6. The minimum atomic E-state index is -0.0311. The second-order valence-electron chi connectivity index (χ2n) is 8.58. The van der Waals surface area contributed by atoms with E-state index in [4.69, 9.17) is 0 Å². The summed E-state index contributed by atoms with van der Waals surface area (Å²) in [6.07, 6.45) is 16.1. The number of allylic oxidation sites excluding steroid dienone is 1. The maximum atomic E-state index is 10.9. The third kappa shape index (κ3) is 2.71. The van der Waals surface area contributed by atoms with Crippen LogP contribution in [0.4, 0.5) is 0 Å². The molecule has 1 N–H and O–H groups in total. The van der Waals surface area contributed by atoms with Crippen LogP contribution in [-0.4, -0.2) is 11.2 Å². The minimum Gasteiger partial charge on any atom is -0.393 e. The standard InChI is InChI=1S/C19H32O/c1-3-4-5-6-7-8-17(20)19-12-15-9-16(13-19)11-18(2,10-15)14-19/h3,15-17,20H,1,4-14H2,2H3. The quantitative estimate of drug-likeness (QED) is 0.507. The Morgan fingerprint density at radius 3 is 2.45 bits per heavy atom. The third-order valence-electron chi connectivity index (χ3n) is 6.49. The fraction of sp³-hybridized carbons (Fsp3) is 0.895. The highest BCUT2D eigenvalue weighted by Crippen LogP contribution is 2.66. The lowest BCUT2D eigenvalue weighted by Gasteiger charge is -2.62. The Hall–Kier alpha value is -0.300. The van der Waals surface area contributed by atoms with Crippen LogP contribution < -0.4 is 0 Å². The van der Waals surface area contributed by atoms with E-state index in [9.17, 15) is 5.11 Å². The normalized spacial score (nSPS) is 43.7. The summed E-state index contributed by atoms with van der Waals surface area (Å²) in [7, 11) is 0. The average Bonchev–Trinajstić information content (AvgIpc) is 2.35. The molecule has 0 radical (unpaired) electrons. The SMILES string of the molecule is C=CCCCCCC(O)C12CC3CC(CC(C)(C3)C1)C2. The Morgan fingerprint density at radius 2 is 1.85 bits per heavy atom. The largest absolute Gasteiger partial charge is 0.393 e. The van der Waals surface area contributed by atoms with E-state index in [2.05, 4.69) is 13.5 Å². The van der Waals surface area contributed by atoms with Crippen molar-refractivity contribution in [3.8, 4) is 0 Å². The van der Waals surface area contributed by atoms with Gasteiger partial charge in [-0.2, -0.15) is 0 Å². The molecule has 0 spiro atoms. The van der Waals surface area contributed by atoms with Crippen LogP contribution in [0, 0.1) is 22.7 Å². The zero-order valence-electron chi connectivity index (χ0n) is 13.2. The van der Waals surface area contributed by atoms with Gasteiger partial charge in [0.1, 0.15) is 0 Å². The molecule has 4 fully saturated rings. The van der Waals surface area contributed by atoms with Crippen molar-refractivity contribution in [3.63, 3.8) is 0 Å². The topological polar surface area (TPSA) is 20.2 Å². The van der Waals surface area contributed by atoms with Gasteiger partial charge >= 0.3 is 0 Å². The van der Waals surface area contributed by atoms with Gasteiger partial charge in [-0.1, -0.05) is 25.8 Å². The van der Waals surface area contributed by atoms with Crippen LogP contribution in [0.2, 0.25) is 0 Å². The van der Waals surface area contributed by atoms with Crippen LogP contribution in [0.3, 0.4) is 0 Å². The van der Waals surface area contributed by atoms with E-state index in [1.165, 1.54) is 57.8 Å². The number of aliphatic hydroxyl groups is 1. The molecule has 4 saturated carbocycles. The van der Waals surface area contributed by atoms with E-state index in [1.807, 2.05) is 6.08 Å². The van der Waals surface area contributed by atoms with Gasteiger partial charge in [-0.25, -0.2) is 0 Å². The Bertz CT molecular complexity index is 345. The van der Waals surface area contributed by atoms with Crippen molar-refractivity contribution in [3.05, 3.63) is 12.7 Å². The van der Waals surface area contributed by atoms with Crippen molar-refractivity contribution in [1.82, 2.24) is 0 Å². The summed E-state index contributed by atoms with van der Waals surface area (Å²) >= 11 is 0. The zero-order chi connectivity index (χ0) is 14.2. The highest BCUT2D eigenvalue weighted by atomic mass is 16.3. The van der Waals surface area contributed by atoms with Gasteiger partial charge in [-0.05, 0) is 80.5 Å². The fourth-order valence-electron chi connectivity index (χ4n) is 6.30. The van der Waals surface area contributed by atoms with Crippen LogP contribution in [0.15, 0.2) is 12.7 Å². The lowest BCUT2D eigenvalue weighted by Crippen LogP contribution is -2.55. The molecule has 4 aliphatic rings. The molecule has 0 aromatic rings. The first-order valence-corrected chi connectivity index (χ1v) is 8.84. The predicted molar refractivity (Wildman–Crippen MR) is 84.5 cm³/mol. The summed E-state index contributed by atoms with van der Waals surface area (Å²) in [6.45, 7) is 6.27. The molecular formula is C19H32O. The van der Waals surface area contributed by atoms with Gasteiger partial charge in [-0.15, -0.1) is 6.58 Å². The molecule has 4 bridgehead atoms. The summed E-state index contributed by atoms with van der Waals surface area (Å²) < 4.78 is 0. The summed E-state index contributed by atoms with van der Waals surface area (Å²) in [5.41, 5.74) is 0.866. The molecule has 3 atom stereocenters. The average molecular weight is 276 g/mol. The van der Waals surface area contributed by atoms with E-state index >= 15 is 0 Å². The van der Waals surface area contributed by atoms with Crippen LogP contribution in [0.5, 0.6) is 0 Å². The molecule has 0 aliphatic heterocycles. The molecule has 0 heterocycles. The van der Waals surface area contributed by atoms with Gasteiger partial charge in [0.15, 0.2) is 0 Å². The van der Waals surface area contributed by atoms with Crippen LogP contribution in [0.1, 0.15) is 77.6 Å². The fourth-order valence-corrected chi connectivity index (χ4v) is 6.30. The molecule has 20 heavy (non-hydrogen) atoms. The van der Waals surface area contributed by atoms with E-state index in [0.717, 1.165) is 24.7 Å². The summed E-state index contributed by atoms with van der Waals surface area (Å²) in [5.74, 6) is 1.85. The van der Waals surface area contributed by atoms with E-state index in [1.54, 1.807) is 0 Å². The summed E-state index contributed by atoms with van der Waals surface area (Å²) in [5, 5.41) is 10.9. The number of hydrogen-bond acceptors (Lipinski definition) is 1. The Balaban J connectivity index is 1.57. The first-order valence-electron chi connectivity index (χ1n) is 8.84. The van der Waals surface area contributed by atoms with Gasteiger partial charge in [0.2, 0.25) is 0 Å². The van der Waals surface area contributed by atoms with Crippen molar-refractivity contribution in [2.45, 2.75) is 83.7 Å². The van der Waals surface area contributed by atoms with Crippen molar-refractivity contribution >= 4 is 0 Å². The molecular weight excluding hydrogens is 244 g/mol. The van der Waals surface area contributed by atoms with Crippen molar-refractivity contribution < 1.29 is 5.11 Å². The molecule has 0 saturated heterocycles. The molecule has 114 valence electrons. The molecule has 1 nitrogen and oxygen atoms in total. The second-order valence-corrected chi connectivity index (χ2v) is 8.58. The van der Waals surface area contributed by atoms with Gasteiger partial charge in [0, 0.05) is 0 Å². The van der Waals surface area contributed by atoms with Crippen LogP contribution in [-0.2, 0) is 0 Å². The molecule has 0 aromatic heterocycles. The number of hydrogen-bond donors (Lipinski definition) is 1. The van der Waals surface area contributed by atoms with E-state index in [0.29, 0.717) is 10.8 Å². The molecule has 0 amide bonds. The molecule has 3 unspecified atom stereocenters. The Kier molecular flexibility index (Phi) is 4.01. The van der Waals surface area contributed by atoms with Gasteiger partial charge in [-0.3, -0.25) is 0 Å². The number of aliphatic hydroxyl groups excluding tert-OH is 1. The third-order valence-corrected chi connectivity index (χ3v) is 6.49. The molecule has 1 heteroatoms. The van der Waals surface area contributed by atoms with Gasteiger partial charge < -0.3 is 5.11 Å². The minimum absolute atomic E-state index is 0.0311. The lowest BCUT2D eigenvalue weighted by molar-refractivity contribution is -0.154. The van der Waals surface area contributed by atoms with E-state index in [-0.39, 0.29) is 6.10 Å². The smallest absolute Gasteiger partial charge is 0.0596 e. The Labute approximate surface area is 124 Å². The highest BCUT2D eigenvalue weighted by molar-refractivity contribution is 5.08. The van der Waals surface area contributed by atoms with Crippen molar-refractivity contribution in [2.24, 2.45) is 22.7 Å². The summed E-state index contributed by atoms with van der Waals surface area (Å²) in [4.78, 5) is 0. The molecule has 0 aromatic carbocycles. The maximum Gasteiger partial charge on any atom is 0.0596 e. The predicted octanol–water partition coefficient (Wildman–Crippen LogP) is 5.09. The number of unbranched alkanes of at least 4 members (excludes halogenated alkanes) is 3. The Morgan fingerprint density at radius 1 is 1.15 bits per heavy atom.